The van der Waals surface area contributed by atoms with Gasteiger partial charge in [-0.25, -0.2) is 15.0 Å². The van der Waals surface area contributed by atoms with Gasteiger partial charge in [0, 0.05) is 69.5 Å². The van der Waals surface area contributed by atoms with Crippen molar-refractivity contribution in [2.24, 2.45) is 21.1 Å². The lowest BCUT2D eigenvalue weighted by Gasteiger charge is -2.34. The van der Waals surface area contributed by atoms with Crippen molar-refractivity contribution in [3.8, 4) is 0 Å². The van der Waals surface area contributed by atoms with Gasteiger partial charge < -0.3 is 19.0 Å². The van der Waals surface area contributed by atoms with Crippen molar-refractivity contribution in [3.05, 3.63) is 126 Å². The molecular formula is C29H27N7. The summed E-state index contributed by atoms with van der Waals surface area (Å²) in [4.78, 5) is 14.5. The Kier molecular flexibility index (Phi) is 5.37. The first-order valence-corrected chi connectivity index (χ1v) is 11.9. The number of benzene rings is 2. The van der Waals surface area contributed by atoms with E-state index in [9.17, 15) is 0 Å². The average molecular weight is 474 g/mol. The van der Waals surface area contributed by atoms with Gasteiger partial charge in [-0.15, -0.1) is 0 Å². The molecule has 36 heavy (non-hydrogen) atoms. The number of nitrogens with zero attached hydrogens (tertiary/aromatic N) is 6. The third-order valence-electron chi connectivity index (χ3n) is 6.73. The van der Waals surface area contributed by atoms with Crippen LogP contribution in [-0.4, -0.2) is 28.7 Å². The van der Waals surface area contributed by atoms with Crippen molar-refractivity contribution in [1.82, 2.24) is 34.0 Å². The van der Waals surface area contributed by atoms with Gasteiger partial charge in [0.1, 0.15) is 17.5 Å². The van der Waals surface area contributed by atoms with Gasteiger partial charge in [0.25, 0.3) is 0 Å². The standard InChI is InChI=1S/C29H27N7/c1-34-17-14-30-27(34)22-23(28-31-15-18-35(28)2)25(20-10-6-4-7-11-20)33-26(21-12-8-5-9-13-21)24(22)29-32-16-19-36(29)3/h4-19,22,33H,1-3H3. The maximum absolute atomic E-state index is 4.87. The fourth-order valence-electron chi connectivity index (χ4n) is 5.00. The highest BCUT2D eigenvalue weighted by Crippen LogP contribution is 2.49. The molecule has 0 amide bonds. The van der Waals surface area contributed by atoms with Crippen LogP contribution in [0.2, 0.25) is 0 Å². The Morgan fingerprint density at radius 3 is 1.42 bits per heavy atom. The number of aryl methyl sites for hydroxylation is 3. The second-order valence-electron chi connectivity index (χ2n) is 8.99. The van der Waals surface area contributed by atoms with Crippen molar-refractivity contribution < 1.29 is 0 Å². The minimum atomic E-state index is -0.223. The van der Waals surface area contributed by atoms with Gasteiger partial charge in [-0.3, -0.25) is 0 Å². The summed E-state index contributed by atoms with van der Waals surface area (Å²) >= 11 is 0. The van der Waals surface area contributed by atoms with E-state index in [0.29, 0.717) is 0 Å². The van der Waals surface area contributed by atoms with Crippen LogP contribution in [0.3, 0.4) is 0 Å². The van der Waals surface area contributed by atoms with E-state index in [0.717, 1.165) is 51.1 Å². The first-order chi connectivity index (χ1) is 17.6. The highest BCUT2D eigenvalue weighted by atomic mass is 15.1. The second-order valence-corrected chi connectivity index (χ2v) is 8.99. The number of hydrogen-bond donors (Lipinski definition) is 1. The van der Waals surface area contributed by atoms with Crippen LogP contribution in [0, 0.1) is 0 Å². The number of nitrogens with one attached hydrogen (secondary N) is 1. The maximum atomic E-state index is 4.87. The van der Waals surface area contributed by atoms with E-state index < -0.39 is 0 Å². The molecule has 5 aromatic rings. The highest BCUT2D eigenvalue weighted by Gasteiger charge is 2.39. The molecule has 0 saturated heterocycles. The summed E-state index contributed by atoms with van der Waals surface area (Å²) in [6.45, 7) is 0. The molecule has 1 aliphatic rings. The van der Waals surface area contributed by atoms with Gasteiger partial charge >= 0.3 is 0 Å². The number of aromatic nitrogens is 6. The van der Waals surface area contributed by atoms with Crippen molar-refractivity contribution in [2.45, 2.75) is 5.92 Å². The molecule has 0 spiro atoms. The molecule has 1 N–H and O–H groups in total. The predicted octanol–water partition coefficient (Wildman–Crippen LogP) is 4.71. The third-order valence-corrected chi connectivity index (χ3v) is 6.73. The molecule has 0 aliphatic carbocycles. The third kappa shape index (κ3) is 3.56. The molecule has 178 valence electrons. The number of hydrogen-bond acceptors (Lipinski definition) is 4. The molecule has 3 aromatic heterocycles. The van der Waals surface area contributed by atoms with Crippen LogP contribution in [0.1, 0.15) is 34.5 Å². The zero-order valence-electron chi connectivity index (χ0n) is 20.5. The predicted molar refractivity (Wildman–Crippen MR) is 142 cm³/mol. The molecule has 1 aliphatic heterocycles. The molecule has 0 unspecified atom stereocenters. The zero-order valence-corrected chi connectivity index (χ0v) is 20.5. The van der Waals surface area contributed by atoms with Gasteiger partial charge in [0.2, 0.25) is 0 Å². The summed E-state index contributed by atoms with van der Waals surface area (Å²) in [7, 11) is 6.11. The molecule has 0 saturated carbocycles. The average Bonchev–Trinajstić information content (AvgIpc) is 3.65. The van der Waals surface area contributed by atoms with Crippen LogP contribution in [0.25, 0.3) is 22.5 Å². The van der Waals surface area contributed by atoms with Crippen LogP contribution >= 0.6 is 0 Å². The number of dihydropyridines is 1. The van der Waals surface area contributed by atoms with Gasteiger partial charge in [0.15, 0.2) is 0 Å². The van der Waals surface area contributed by atoms with Crippen LogP contribution in [0.5, 0.6) is 0 Å². The molecule has 7 nitrogen and oxygen atoms in total. The lowest BCUT2D eigenvalue weighted by atomic mass is 9.80. The molecular weight excluding hydrogens is 446 g/mol. The number of rotatable bonds is 5. The lowest BCUT2D eigenvalue weighted by Crippen LogP contribution is -2.27. The summed E-state index contributed by atoms with van der Waals surface area (Å²) in [5.41, 5.74) is 6.30. The summed E-state index contributed by atoms with van der Waals surface area (Å²) in [6.07, 6.45) is 11.5. The Morgan fingerprint density at radius 2 is 1.03 bits per heavy atom. The Morgan fingerprint density at radius 1 is 0.583 bits per heavy atom. The summed E-state index contributed by atoms with van der Waals surface area (Å²) < 4.78 is 6.23. The molecule has 0 radical (unpaired) electrons. The van der Waals surface area contributed by atoms with Crippen molar-refractivity contribution >= 4 is 22.5 Å². The Bertz CT molecular complexity index is 1480. The SMILES string of the molecule is Cn1ccnc1C1=C(c2ccccc2)NC(c2ccccc2)=C(c2nccn2C)C1c1nccn1C. The van der Waals surface area contributed by atoms with E-state index in [4.69, 9.17) is 15.0 Å². The van der Waals surface area contributed by atoms with Crippen LogP contribution < -0.4 is 5.32 Å². The monoisotopic (exact) mass is 473 g/mol. The first-order valence-electron chi connectivity index (χ1n) is 11.9. The smallest absolute Gasteiger partial charge is 0.138 e. The molecule has 4 heterocycles. The molecule has 0 fully saturated rings. The van der Waals surface area contributed by atoms with Crippen LogP contribution in [-0.2, 0) is 21.1 Å². The highest BCUT2D eigenvalue weighted by molar-refractivity contribution is 6.09. The van der Waals surface area contributed by atoms with Gasteiger partial charge in [-0.2, -0.15) is 0 Å². The lowest BCUT2D eigenvalue weighted by molar-refractivity contribution is 0.775. The Balaban J connectivity index is 1.75. The van der Waals surface area contributed by atoms with Crippen molar-refractivity contribution in [3.63, 3.8) is 0 Å². The van der Waals surface area contributed by atoms with E-state index >= 15 is 0 Å². The van der Waals surface area contributed by atoms with E-state index in [1.807, 2.05) is 70.5 Å². The fourth-order valence-corrected chi connectivity index (χ4v) is 5.00. The number of allylic oxidation sites excluding steroid dienone is 2. The van der Waals surface area contributed by atoms with Crippen molar-refractivity contribution in [1.29, 1.82) is 0 Å². The van der Waals surface area contributed by atoms with Gasteiger partial charge in [-0.05, 0) is 11.1 Å². The topological polar surface area (TPSA) is 65.5 Å². The van der Waals surface area contributed by atoms with Crippen molar-refractivity contribution in [2.75, 3.05) is 0 Å². The normalized spacial score (nSPS) is 14.4. The minimum absolute atomic E-state index is 0.223. The minimum Gasteiger partial charge on any atom is -0.354 e. The van der Waals surface area contributed by atoms with E-state index in [1.165, 1.54) is 0 Å². The molecule has 7 heteroatoms. The first kappa shape index (κ1) is 21.9. The quantitative estimate of drug-likeness (QED) is 0.402. The summed E-state index contributed by atoms with van der Waals surface area (Å²) in [5.74, 6) is 2.47. The molecule has 2 aromatic carbocycles. The number of imidazole rings is 3. The molecule has 0 atom stereocenters. The largest absolute Gasteiger partial charge is 0.354 e. The zero-order chi connectivity index (χ0) is 24.6. The molecule has 6 rings (SSSR count). The second kappa shape index (κ2) is 8.85. The van der Waals surface area contributed by atoms with E-state index in [-0.39, 0.29) is 5.92 Å². The van der Waals surface area contributed by atoms with Gasteiger partial charge in [0.05, 0.1) is 17.3 Å². The van der Waals surface area contributed by atoms with Gasteiger partial charge in [-0.1, -0.05) is 60.7 Å². The Hall–Kier alpha value is -4.65. The summed E-state index contributed by atoms with van der Waals surface area (Å²) in [6, 6.07) is 20.9. The van der Waals surface area contributed by atoms with Crippen LogP contribution in [0.4, 0.5) is 0 Å². The van der Waals surface area contributed by atoms with Crippen LogP contribution in [0.15, 0.2) is 97.8 Å². The maximum Gasteiger partial charge on any atom is 0.138 e. The van der Waals surface area contributed by atoms with E-state index in [2.05, 4.69) is 67.5 Å². The fraction of sp³-hybridized carbons (Fsp3) is 0.138. The Labute approximate surface area is 210 Å². The van der Waals surface area contributed by atoms with E-state index in [1.54, 1.807) is 0 Å². The molecule has 0 bridgehead atoms. The summed E-state index contributed by atoms with van der Waals surface area (Å²) in [5, 5.41) is 3.84.